The van der Waals surface area contributed by atoms with Gasteiger partial charge in [0.1, 0.15) is 0 Å². The number of benzene rings is 4. The third-order valence-corrected chi connectivity index (χ3v) is 9.00. The Balaban J connectivity index is 1.49. The molecule has 0 saturated heterocycles. The molecule has 0 aliphatic rings. The molecule has 0 spiro atoms. The average Bonchev–Trinajstić information content (AvgIpc) is 3.43. The first-order valence-corrected chi connectivity index (χ1v) is 15.0. The fourth-order valence-electron chi connectivity index (χ4n) is 5.71. The lowest BCUT2D eigenvalue weighted by Gasteiger charge is -2.17. The zero-order valence-corrected chi connectivity index (χ0v) is 24.0. The molecule has 7 rings (SSSR count). The predicted octanol–water partition coefficient (Wildman–Crippen LogP) is 10.0. The van der Waals surface area contributed by atoms with E-state index in [0.29, 0.717) is 0 Å². The van der Waals surface area contributed by atoms with Gasteiger partial charge in [-0.05, 0) is 36.6 Å². The standard InChI is InChI=1S/C37H29N3S/c1-3-24-12-5-6-13-28(24)34-27(4-2)35(31-16-11-15-30-29-14-7-8-18-33(29)41-36(30)31)40-37(39-34)26-21-19-25(20-22-26)32-17-9-10-23-38-32/h5-23H,3-4H2,1-2H3. The molecule has 0 N–H and O–H groups in total. The van der Waals surface area contributed by atoms with Crippen molar-refractivity contribution in [3.05, 3.63) is 127 Å². The van der Waals surface area contributed by atoms with Gasteiger partial charge in [-0.25, -0.2) is 9.97 Å². The summed E-state index contributed by atoms with van der Waals surface area (Å²) in [5, 5.41) is 2.57. The number of hydrogen-bond donors (Lipinski definition) is 0. The van der Waals surface area contributed by atoms with E-state index in [2.05, 4.69) is 110 Å². The van der Waals surface area contributed by atoms with Crippen molar-refractivity contribution >= 4 is 31.5 Å². The molecule has 0 bridgehead atoms. The number of aryl methyl sites for hydroxylation is 1. The molecule has 0 fully saturated rings. The lowest BCUT2D eigenvalue weighted by Crippen LogP contribution is -2.04. The first-order chi connectivity index (χ1) is 20.2. The van der Waals surface area contributed by atoms with Crippen molar-refractivity contribution in [2.75, 3.05) is 0 Å². The van der Waals surface area contributed by atoms with Gasteiger partial charge in [0.05, 0.1) is 17.1 Å². The second kappa shape index (κ2) is 10.7. The van der Waals surface area contributed by atoms with Crippen LogP contribution in [0.1, 0.15) is 25.0 Å². The third-order valence-electron chi connectivity index (χ3n) is 7.78. The van der Waals surface area contributed by atoms with E-state index in [0.717, 1.165) is 46.9 Å². The van der Waals surface area contributed by atoms with Crippen LogP contribution in [0.25, 0.3) is 65.3 Å². The molecule has 3 aromatic heterocycles. The van der Waals surface area contributed by atoms with Crippen LogP contribution in [0.5, 0.6) is 0 Å². The van der Waals surface area contributed by atoms with Gasteiger partial charge in [-0.3, -0.25) is 4.98 Å². The summed E-state index contributed by atoms with van der Waals surface area (Å²) in [6.07, 6.45) is 3.61. The topological polar surface area (TPSA) is 38.7 Å². The molecule has 0 aliphatic carbocycles. The van der Waals surface area contributed by atoms with Gasteiger partial charge in [0.25, 0.3) is 0 Å². The van der Waals surface area contributed by atoms with Crippen molar-refractivity contribution in [1.29, 1.82) is 0 Å². The quantitative estimate of drug-likeness (QED) is 0.208. The summed E-state index contributed by atoms with van der Waals surface area (Å²) < 4.78 is 2.57. The fraction of sp³-hybridized carbons (Fsp3) is 0.108. The van der Waals surface area contributed by atoms with Crippen LogP contribution in [0.2, 0.25) is 0 Å². The minimum absolute atomic E-state index is 0.740. The smallest absolute Gasteiger partial charge is 0.160 e. The predicted molar refractivity (Wildman–Crippen MR) is 173 cm³/mol. The van der Waals surface area contributed by atoms with Gasteiger partial charge < -0.3 is 0 Å². The van der Waals surface area contributed by atoms with Crippen LogP contribution in [-0.4, -0.2) is 15.0 Å². The third kappa shape index (κ3) is 4.51. The summed E-state index contributed by atoms with van der Waals surface area (Å²) in [7, 11) is 0. The Morgan fingerprint density at radius 2 is 1.27 bits per heavy atom. The van der Waals surface area contributed by atoms with Crippen molar-refractivity contribution in [2.45, 2.75) is 26.7 Å². The van der Waals surface area contributed by atoms with E-state index in [9.17, 15) is 0 Å². The van der Waals surface area contributed by atoms with Gasteiger partial charge in [-0.2, -0.15) is 0 Å². The zero-order valence-electron chi connectivity index (χ0n) is 23.1. The first-order valence-electron chi connectivity index (χ1n) is 14.2. The van der Waals surface area contributed by atoms with Crippen molar-refractivity contribution in [3.63, 3.8) is 0 Å². The number of pyridine rings is 1. The van der Waals surface area contributed by atoms with E-state index in [4.69, 9.17) is 9.97 Å². The summed E-state index contributed by atoms with van der Waals surface area (Å²) >= 11 is 1.85. The molecule has 4 aromatic carbocycles. The Labute approximate surface area is 244 Å². The van der Waals surface area contributed by atoms with E-state index in [1.54, 1.807) is 0 Å². The lowest BCUT2D eigenvalue weighted by molar-refractivity contribution is 1.05. The first kappa shape index (κ1) is 25.3. The highest BCUT2D eigenvalue weighted by Crippen LogP contribution is 2.42. The molecule has 0 unspecified atom stereocenters. The molecule has 0 amide bonds. The summed E-state index contributed by atoms with van der Waals surface area (Å²) in [6.45, 7) is 4.42. The van der Waals surface area contributed by atoms with E-state index >= 15 is 0 Å². The SMILES string of the molecule is CCc1ccccc1-c1nc(-c2ccc(-c3ccccn3)cc2)nc(-c2cccc3c2sc2ccccc23)c1CC. The molecular weight excluding hydrogens is 518 g/mol. The van der Waals surface area contributed by atoms with Gasteiger partial charge in [0, 0.05) is 54.2 Å². The Bertz CT molecular complexity index is 2010. The maximum absolute atomic E-state index is 5.33. The monoisotopic (exact) mass is 547 g/mol. The van der Waals surface area contributed by atoms with Gasteiger partial charge in [-0.15, -0.1) is 11.3 Å². The molecule has 7 aromatic rings. The molecule has 0 radical (unpaired) electrons. The Hall–Kier alpha value is -4.67. The van der Waals surface area contributed by atoms with E-state index in [-0.39, 0.29) is 0 Å². The Morgan fingerprint density at radius 1 is 0.585 bits per heavy atom. The van der Waals surface area contributed by atoms with Crippen LogP contribution in [0.3, 0.4) is 0 Å². The van der Waals surface area contributed by atoms with Gasteiger partial charge in [0.15, 0.2) is 5.82 Å². The molecule has 41 heavy (non-hydrogen) atoms. The highest BCUT2D eigenvalue weighted by molar-refractivity contribution is 7.26. The van der Waals surface area contributed by atoms with Crippen molar-refractivity contribution < 1.29 is 0 Å². The summed E-state index contributed by atoms with van der Waals surface area (Å²) in [5.74, 6) is 0.740. The number of hydrogen-bond acceptors (Lipinski definition) is 4. The molecule has 0 atom stereocenters. The zero-order chi connectivity index (χ0) is 27.8. The van der Waals surface area contributed by atoms with Gasteiger partial charge in [-0.1, -0.05) is 105 Å². The second-order valence-electron chi connectivity index (χ2n) is 10.2. The molecule has 0 aliphatic heterocycles. The maximum atomic E-state index is 5.33. The minimum Gasteiger partial charge on any atom is -0.256 e. The summed E-state index contributed by atoms with van der Waals surface area (Å²) in [6, 6.07) is 38.4. The molecular formula is C37H29N3S. The number of nitrogens with zero attached hydrogens (tertiary/aromatic N) is 3. The number of thiophene rings is 1. The highest BCUT2D eigenvalue weighted by atomic mass is 32.1. The number of rotatable bonds is 6. The Morgan fingerprint density at radius 3 is 2.05 bits per heavy atom. The van der Waals surface area contributed by atoms with Crippen molar-refractivity contribution in [2.24, 2.45) is 0 Å². The lowest BCUT2D eigenvalue weighted by atomic mass is 9.94. The fourth-order valence-corrected chi connectivity index (χ4v) is 6.93. The Kier molecular flexibility index (Phi) is 6.62. The van der Waals surface area contributed by atoms with Crippen LogP contribution in [-0.2, 0) is 12.8 Å². The minimum atomic E-state index is 0.740. The largest absolute Gasteiger partial charge is 0.256 e. The number of aromatic nitrogens is 3. The molecule has 198 valence electrons. The highest BCUT2D eigenvalue weighted by Gasteiger charge is 2.21. The normalized spacial score (nSPS) is 11.4. The van der Waals surface area contributed by atoms with E-state index in [1.165, 1.54) is 42.4 Å². The van der Waals surface area contributed by atoms with Crippen molar-refractivity contribution in [3.8, 4) is 45.2 Å². The van der Waals surface area contributed by atoms with Gasteiger partial charge in [0.2, 0.25) is 0 Å². The maximum Gasteiger partial charge on any atom is 0.160 e. The van der Waals surface area contributed by atoms with E-state index in [1.807, 2.05) is 35.7 Å². The average molecular weight is 548 g/mol. The van der Waals surface area contributed by atoms with E-state index < -0.39 is 0 Å². The summed E-state index contributed by atoms with van der Waals surface area (Å²) in [4.78, 5) is 15.1. The molecule has 3 heterocycles. The molecule has 3 nitrogen and oxygen atoms in total. The van der Waals surface area contributed by atoms with Crippen LogP contribution in [0, 0.1) is 0 Å². The second-order valence-corrected chi connectivity index (χ2v) is 11.2. The van der Waals surface area contributed by atoms with Crippen molar-refractivity contribution in [1.82, 2.24) is 15.0 Å². The number of fused-ring (bicyclic) bond motifs is 3. The molecule has 4 heteroatoms. The van der Waals surface area contributed by atoms with Crippen LogP contribution in [0.15, 0.2) is 115 Å². The van der Waals surface area contributed by atoms with Crippen LogP contribution < -0.4 is 0 Å². The van der Waals surface area contributed by atoms with Gasteiger partial charge >= 0.3 is 0 Å². The molecule has 0 saturated carbocycles. The summed E-state index contributed by atoms with van der Waals surface area (Å²) in [5.41, 5.74) is 9.90. The van der Waals surface area contributed by atoms with Crippen LogP contribution in [0.4, 0.5) is 0 Å². The van der Waals surface area contributed by atoms with Crippen LogP contribution >= 0.6 is 11.3 Å².